The molecule has 1 unspecified atom stereocenters. The normalized spacial score (nSPS) is 11.9. The van der Waals surface area contributed by atoms with Crippen molar-refractivity contribution in [3.8, 4) is 6.07 Å². The monoisotopic (exact) mass is 251 g/mol. The summed E-state index contributed by atoms with van der Waals surface area (Å²) in [6.45, 7) is 3.48. The highest BCUT2D eigenvalue weighted by atomic mass is 79.9. The van der Waals surface area contributed by atoms with Crippen LogP contribution < -0.4 is 0 Å². The zero-order valence-electron chi connectivity index (χ0n) is 8.04. The highest BCUT2D eigenvalue weighted by Gasteiger charge is 2.18. The first kappa shape index (κ1) is 10.9. The maximum atomic E-state index is 11.8. The van der Waals surface area contributed by atoms with E-state index in [0.29, 0.717) is 5.56 Å². The molecule has 1 rings (SSSR count). The molecule has 0 saturated carbocycles. The van der Waals surface area contributed by atoms with Gasteiger partial charge in [0.1, 0.15) is 5.92 Å². The number of carbonyl (C=O) groups excluding carboxylic acids is 1. The molecule has 3 heteroatoms. The van der Waals surface area contributed by atoms with Crippen LogP contribution >= 0.6 is 15.9 Å². The summed E-state index contributed by atoms with van der Waals surface area (Å²) in [5.41, 5.74) is 1.51. The second-order valence-corrected chi connectivity index (χ2v) is 4.00. The third-order valence-electron chi connectivity index (χ3n) is 2.06. The Morgan fingerprint density at radius 2 is 2.21 bits per heavy atom. The van der Waals surface area contributed by atoms with Gasteiger partial charge < -0.3 is 0 Å². The van der Waals surface area contributed by atoms with Gasteiger partial charge in [0.2, 0.25) is 0 Å². The van der Waals surface area contributed by atoms with E-state index in [0.717, 1.165) is 10.0 Å². The van der Waals surface area contributed by atoms with Gasteiger partial charge in [-0.15, -0.1) is 0 Å². The van der Waals surface area contributed by atoms with Gasteiger partial charge in [0.15, 0.2) is 5.78 Å². The Labute approximate surface area is 91.7 Å². The second kappa shape index (κ2) is 4.39. The fourth-order valence-electron chi connectivity index (χ4n) is 1.22. The number of ketones is 1. The van der Waals surface area contributed by atoms with Crippen molar-refractivity contribution in [1.29, 1.82) is 5.26 Å². The van der Waals surface area contributed by atoms with E-state index in [-0.39, 0.29) is 5.78 Å². The van der Waals surface area contributed by atoms with Crippen LogP contribution in [-0.4, -0.2) is 5.78 Å². The fraction of sp³-hybridized carbons (Fsp3) is 0.273. The molecule has 1 atom stereocenters. The summed E-state index contributed by atoms with van der Waals surface area (Å²) in [6, 6.07) is 7.49. The van der Waals surface area contributed by atoms with Gasteiger partial charge in [0.25, 0.3) is 0 Å². The number of Topliss-reactive ketones (excluding diaryl/α,β-unsaturated/α-hetero) is 1. The Hall–Kier alpha value is -1.14. The molecule has 0 aliphatic rings. The van der Waals surface area contributed by atoms with Crippen molar-refractivity contribution in [1.82, 2.24) is 0 Å². The van der Waals surface area contributed by atoms with E-state index in [1.807, 2.05) is 31.2 Å². The first-order chi connectivity index (χ1) is 6.57. The molecule has 0 aliphatic heterocycles. The molecule has 0 amide bonds. The van der Waals surface area contributed by atoms with Crippen molar-refractivity contribution >= 4 is 21.7 Å². The average molecular weight is 252 g/mol. The minimum absolute atomic E-state index is 0.127. The van der Waals surface area contributed by atoms with Crippen molar-refractivity contribution in [3.05, 3.63) is 33.8 Å². The highest BCUT2D eigenvalue weighted by molar-refractivity contribution is 9.10. The van der Waals surface area contributed by atoms with E-state index >= 15 is 0 Å². The largest absolute Gasteiger partial charge is 0.293 e. The first-order valence-electron chi connectivity index (χ1n) is 4.27. The summed E-state index contributed by atoms with van der Waals surface area (Å²) in [5.74, 6) is -0.718. The van der Waals surface area contributed by atoms with Crippen LogP contribution in [0.25, 0.3) is 0 Å². The van der Waals surface area contributed by atoms with E-state index in [1.165, 1.54) is 0 Å². The van der Waals surface area contributed by atoms with Crippen molar-refractivity contribution in [3.63, 3.8) is 0 Å². The van der Waals surface area contributed by atoms with Gasteiger partial charge in [-0.05, 0) is 25.5 Å². The third kappa shape index (κ3) is 2.02. The molecule has 0 spiro atoms. The summed E-state index contributed by atoms with van der Waals surface area (Å²) in [7, 11) is 0. The minimum atomic E-state index is -0.590. The van der Waals surface area contributed by atoms with Crippen molar-refractivity contribution in [2.24, 2.45) is 5.92 Å². The summed E-state index contributed by atoms with van der Waals surface area (Å²) < 4.78 is 0.754. The Morgan fingerprint density at radius 1 is 1.57 bits per heavy atom. The number of aryl methyl sites for hydroxylation is 1. The number of hydrogen-bond donors (Lipinski definition) is 0. The Balaban J connectivity index is 3.20. The van der Waals surface area contributed by atoms with Crippen LogP contribution in [-0.2, 0) is 0 Å². The fourth-order valence-corrected chi connectivity index (χ4v) is 1.88. The lowest BCUT2D eigenvalue weighted by Gasteiger charge is -2.07. The van der Waals surface area contributed by atoms with E-state index in [1.54, 1.807) is 6.92 Å². The lowest BCUT2D eigenvalue weighted by atomic mass is 9.97. The zero-order valence-corrected chi connectivity index (χ0v) is 9.63. The molecule has 1 aromatic rings. The minimum Gasteiger partial charge on any atom is -0.293 e. The van der Waals surface area contributed by atoms with Gasteiger partial charge >= 0.3 is 0 Å². The molecule has 0 heterocycles. The number of rotatable bonds is 2. The van der Waals surface area contributed by atoms with Crippen molar-refractivity contribution in [2.45, 2.75) is 13.8 Å². The van der Waals surface area contributed by atoms with Gasteiger partial charge in [0.05, 0.1) is 6.07 Å². The summed E-state index contributed by atoms with van der Waals surface area (Å²) in [5, 5.41) is 8.66. The second-order valence-electron chi connectivity index (χ2n) is 3.15. The van der Waals surface area contributed by atoms with Crippen LogP contribution in [0.4, 0.5) is 0 Å². The number of nitrogens with zero attached hydrogens (tertiary/aromatic N) is 1. The van der Waals surface area contributed by atoms with Crippen LogP contribution in [0.5, 0.6) is 0 Å². The molecule has 0 fully saturated rings. The lowest BCUT2D eigenvalue weighted by Crippen LogP contribution is -2.11. The number of benzene rings is 1. The van der Waals surface area contributed by atoms with Gasteiger partial charge in [-0.2, -0.15) is 5.26 Å². The van der Waals surface area contributed by atoms with Gasteiger partial charge in [-0.25, -0.2) is 0 Å². The van der Waals surface area contributed by atoms with Crippen molar-refractivity contribution < 1.29 is 4.79 Å². The molecule has 2 nitrogen and oxygen atoms in total. The number of nitriles is 1. The van der Waals surface area contributed by atoms with Crippen LogP contribution in [0.2, 0.25) is 0 Å². The predicted octanol–water partition coefficient (Wildman–Crippen LogP) is 3.10. The molecule has 72 valence electrons. The predicted molar refractivity (Wildman–Crippen MR) is 58.0 cm³/mol. The van der Waals surface area contributed by atoms with E-state index < -0.39 is 5.92 Å². The molecule has 0 aromatic heterocycles. The molecular formula is C11H10BrNO. The van der Waals surface area contributed by atoms with Crippen LogP contribution in [0.3, 0.4) is 0 Å². The maximum absolute atomic E-state index is 11.8. The number of halogens is 1. The quantitative estimate of drug-likeness (QED) is 0.759. The first-order valence-corrected chi connectivity index (χ1v) is 5.06. The third-order valence-corrected chi connectivity index (χ3v) is 2.72. The highest BCUT2D eigenvalue weighted by Crippen LogP contribution is 2.22. The van der Waals surface area contributed by atoms with Crippen LogP contribution in [0, 0.1) is 24.2 Å². The Morgan fingerprint density at radius 3 is 2.71 bits per heavy atom. The smallest absolute Gasteiger partial charge is 0.181 e. The Bertz CT molecular complexity index is 386. The molecule has 0 saturated heterocycles. The van der Waals surface area contributed by atoms with Crippen LogP contribution in [0.1, 0.15) is 22.8 Å². The number of hydrogen-bond acceptors (Lipinski definition) is 2. The molecule has 0 N–H and O–H groups in total. The summed E-state index contributed by atoms with van der Waals surface area (Å²) in [4.78, 5) is 11.8. The molecule has 14 heavy (non-hydrogen) atoms. The van der Waals surface area contributed by atoms with Gasteiger partial charge in [-0.3, -0.25) is 4.79 Å². The van der Waals surface area contributed by atoms with E-state index in [4.69, 9.17) is 5.26 Å². The van der Waals surface area contributed by atoms with E-state index in [2.05, 4.69) is 15.9 Å². The lowest BCUT2D eigenvalue weighted by molar-refractivity contribution is 0.0955. The van der Waals surface area contributed by atoms with Gasteiger partial charge in [-0.1, -0.05) is 28.1 Å². The zero-order chi connectivity index (χ0) is 10.7. The molecule has 0 radical (unpaired) electrons. The van der Waals surface area contributed by atoms with Crippen LogP contribution in [0.15, 0.2) is 22.7 Å². The summed E-state index contributed by atoms with van der Waals surface area (Å²) in [6.07, 6.45) is 0. The molecule has 0 aliphatic carbocycles. The SMILES string of the molecule is Cc1cccc(Br)c1C(=O)C(C)C#N. The topological polar surface area (TPSA) is 40.9 Å². The van der Waals surface area contributed by atoms with E-state index in [9.17, 15) is 4.79 Å². The molecule has 1 aromatic carbocycles. The number of carbonyl (C=O) groups is 1. The summed E-state index contributed by atoms with van der Waals surface area (Å²) >= 11 is 3.31. The van der Waals surface area contributed by atoms with Crippen molar-refractivity contribution in [2.75, 3.05) is 0 Å². The maximum Gasteiger partial charge on any atom is 0.181 e. The Kier molecular flexibility index (Phi) is 3.43. The standard InChI is InChI=1S/C11H10BrNO/c1-7-4-3-5-9(12)10(7)11(14)8(2)6-13/h3-5,8H,1-2H3. The molecule has 0 bridgehead atoms. The molecular weight excluding hydrogens is 242 g/mol. The average Bonchev–Trinajstić information content (AvgIpc) is 2.16. The van der Waals surface area contributed by atoms with Gasteiger partial charge in [0, 0.05) is 10.0 Å².